The number of hydrogen-bond acceptors (Lipinski definition) is 6. The lowest BCUT2D eigenvalue weighted by atomic mass is 9.95. The van der Waals surface area contributed by atoms with Crippen LogP contribution in [0.25, 0.3) is 0 Å². The molecule has 2 aromatic carbocycles. The number of ether oxygens (including phenoxy) is 1. The molecule has 3 aromatic rings. The molecular weight excluding hydrogens is 432 g/mol. The van der Waals surface area contributed by atoms with Gasteiger partial charge in [-0.3, -0.25) is 15.1 Å². The summed E-state index contributed by atoms with van der Waals surface area (Å²) in [6.07, 6.45) is 0. The summed E-state index contributed by atoms with van der Waals surface area (Å²) < 4.78 is 7.12. The number of carbonyl (C=O) groups is 1. The van der Waals surface area contributed by atoms with Crippen LogP contribution < -0.4 is 5.32 Å². The van der Waals surface area contributed by atoms with Gasteiger partial charge < -0.3 is 14.7 Å². The Morgan fingerprint density at radius 3 is 2.62 bits per heavy atom. The van der Waals surface area contributed by atoms with Gasteiger partial charge >= 0.3 is 0 Å². The summed E-state index contributed by atoms with van der Waals surface area (Å²) in [5, 5.41) is 17.1. The van der Waals surface area contributed by atoms with Crippen LogP contribution in [-0.2, 0) is 11.8 Å². The van der Waals surface area contributed by atoms with Gasteiger partial charge in [-0.2, -0.15) is 10.1 Å². The molecule has 1 aliphatic rings. The zero-order valence-corrected chi connectivity index (χ0v) is 19.5. The zero-order valence-electron chi connectivity index (χ0n) is 19.5. The molecule has 1 unspecified atom stereocenters. The van der Waals surface area contributed by atoms with Crippen molar-refractivity contribution in [1.29, 1.82) is 0 Å². The summed E-state index contributed by atoms with van der Waals surface area (Å²) in [5.41, 5.74) is 2.25. The second-order valence-corrected chi connectivity index (χ2v) is 8.11. The van der Waals surface area contributed by atoms with E-state index in [1.54, 1.807) is 4.68 Å². The first-order valence-electron chi connectivity index (χ1n) is 11.4. The van der Waals surface area contributed by atoms with Crippen molar-refractivity contribution < 1.29 is 14.6 Å². The largest absolute Gasteiger partial charge is 0.394 e. The highest BCUT2D eigenvalue weighted by Gasteiger charge is 2.21. The predicted octanol–water partition coefficient (Wildman–Crippen LogP) is 2.29. The third-order valence-corrected chi connectivity index (χ3v) is 5.75. The van der Waals surface area contributed by atoms with Gasteiger partial charge in [0.15, 0.2) is 11.6 Å². The lowest BCUT2D eigenvalue weighted by Crippen LogP contribution is -2.44. The van der Waals surface area contributed by atoms with Gasteiger partial charge in [0.1, 0.15) is 0 Å². The molecule has 9 heteroatoms. The van der Waals surface area contributed by atoms with Gasteiger partial charge in [0.25, 0.3) is 0 Å². The maximum Gasteiger partial charge on any atom is 0.227 e. The lowest BCUT2D eigenvalue weighted by molar-refractivity contribution is 0.0678. The first kappa shape index (κ1) is 23.6. The van der Waals surface area contributed by atoms with Crippen LogP contribution in [0.5, 0.6) is 0 Å². The first-order valence-corrected chi connectivity index (χ1v) is 11.4. The molecule has 0 radical (unpaired) electrons. The van der Waals surface area contributed by atoms with Crippen LogP contribution in [0, 0.1) is 0 Å². The van der Waals surface area contributed by atoms with E-state index in [2.05, 4.69) is 20.3 Å². The Balaban J connectivity index is 1.54. The van der Waals surface area contributed by atoms with Crippen molar-refractivity contribution in [3.63, 3.8) is 0 Å². The Morgan fingerprint density at radius 1 is 1.15 bits per heavy atom. The number of aliphatic hydroxyl groups is 1. The number of rotatable bonds is 7. The van der Waals surface area contributed by atoms with Crippen molar-refractivity contribution in [2.75, 3.05) is 44.8 Å². The summed E-state index contributed by atoms with van der Waals surface area (Å²) in [6.45, 7) is 4.95. The van der Waals surface area contributed by atoms with E-state index < -0.39 is 0 Å². The summed E-state index contributed by atoms with van der Waals surface area (Å²) in [7, 11) is 1.82. The van der Waals surface area contributed by atoms with Crippen LogP contribution in [-0.4, -0.2) is 76.0 Å². The molecule has 1 atom stereocenters. The normalized spacial score (nSPS) is 15.3. The van der Waals surface area contributed by atoms with Crippen molar-refractivity contribution in [3.05, 3.63) is 77.1 Å². The van der Waals surface area contributed by atoms with E-state index in [0.717, 1.165) is 5.56 Å². The van der Waals surface area contributed by atoms with E-state index in [-0.39, 0.29) is 18.3 Å². The molecule has 2 N–H and O–H groups in total. The van der Waals surface area contributed by atoms with E-state index in [4.69, 9.17) is 9.72 Å². The fourth-order valence-corrected chi connectivity index (χ4v) is 3.80. The zero-order chi connectivity index (χ0) is 23.9. The van der Waals surface area contributed by atoms with Crippen molar-refractivity contribution in [2.45, 2.75) is 12.8 Å². The molecule has 1 saturated heterocycles. The number of aliphatic hydroxyl groups excluding tert-OH is 1. The van der Waals surface area contributed by atoms with Gasteiger partial charge in [-0.05, 0) is 11.6 Å². The number of morpholine rings is 1. The third-order valence-electron chi connectivity index (χ3n) is 5.75. The standard InChI is InChI=1S/C25H30N6O3/c1-18(20-9-6-10-21(17-20)22(33)19-7-4-3-5-8-19)23-27-25(30(2)29-23)28-24(26-11-14-32)31-12-15-34-16-13-31/h3-10,17-18,32H,11-16H2,1-2H3,(H,26,27,28,29). The lowest BCUT2D eigenvalue weighted by Gasteiger charge is -2.29. The number of guanidine groups is 1. The summed E-state index contributed by atoms with van der Waals surface area (Å²) in [6, 6.07) is 16.9. The Hall–Kier alpha value is -3.56. The molecular formula is C25H30N6O3. The van der Waals surface area contributed by atoms with Crippen LogP contribution >= 0.6 is 0 Å². The van der Waals surface area contributed by atoms with Crippen LogP contribution in [0.3, 0.4) is 0 Å². The average molecular weight is 463 g/mol. The smallest absolute Gasteiger partial charge is 0.227 e. The molecule has 1 aliphatic heterocycles. The van der Waals surface area contributed by atoms with E-state index >= 15 is 0 Å². The van der Waals surface area contributed by atoms with Gasteiger partial charge in [-0.1, -0.05) is 55.5 Å². The van der Waals surface area contributed by atoms with Crippen LogP contribution in [0.1, 0.15) is 40.2 Å². The molecule has 1 fully saturated rings. The topological polar surface area (TPSA) is 105 Å². The Kier molecular flexibility index (Phi) is 7.66. The number of carbonyl (C=O) groups excluding carboxylic acids is 1. The summed E-state index contributed by atoms with van der Waals surface area (Å²) >= 11 is 0. The number of aryl methyl sites for hydroxylation is 1. The fourth-order valence-electron chi connectivity index (χ4n) is 3.80. The van der Waals surface area contributed by atoms with Gasteiger partial charge in [0.2, 0.25) is 11.9 Å². The maximum absolute atomic E-state index is 12.9. The fraction of sp³-hybridized carbons (Fsp3) is 0.360. The molecule has 1 aromatic heterocycles. The maximum atomic E-state index is 12.9. The molecule has 0 saturated carbocycles. The van der Waals surface area contributed by atoms with E-state index in [1.165, 1.54) is 0 Å². The number of aromatic nitrogens is 3. The van der Waals surface area contributed by atoms with Crippen molar-refractivity contribution in [1.82, 2.24) is 19.7 Å². The minimum absolute atomic E-state index is 0.0127. The molecule has 0 spiro atoms. The molecule has 9 nitrogen and oxygen atoms in total. The van der Waals surface area contributed by atoms with Crippen LogP contribution in [0.15, 0.2) is 59.6 Å². The Morgan fingerprint density at radius 2 is 1.88 bits per heavy atom. The second kappa shape index (κ2) is 11.0. The minimum Gasteiger partial charge on any atom is -0.394 e. The molecule has 0 aliphatic carbocycles. The molecule has 0 amide bonds. The second-order valence-electron chi connectivity index (χ2n) is 8.11. The molecule has 2 heterocycles. The SMILES string of the molecule is CC(c1cccc(C(=O)c2ccccc2)c1)c1nc(NC(=NCCO)N2CCOCC2)n(C)n1. The number of anilines is 1. The van der Waals surface area contributed by atoms with Crippen molar-refractivity contribution in [2.24, 2.45) is 12.0 Å². The molecule has 178 valence electrons. The summed E-state index contributed by atoms with van der Waals surface area (Å²) in [4.78, 5) is 24.2. The highest BCUT2D eigenvalue weighted by molar-refractivity contribution is 6.09. The highest BCUT2D eigenvalue weighted by atomic mass is 16.5. The molecule has 0 bridgehead atoms. The van der Waals surface area contributed by atoms with Gasteiger partial charge in [-0.25, -0.2) is 4.68 Å². The van der Waals surface area contributed by atoms with Gasteiger partial charge in [0, 0.05) is 37.2 Å². The van der Waals surface area contributed by atoms with E-state index in [0.29, 0.717) is 61.7 Å². The number of ketones is 1. The molecule has 34 heavy (non-hydrogen) atoms. The van der Waals surface area contributed by atoms with Crippen LogP contribution in [0.2, 0.25) is 0 Å². The predicted molar refractivity (Wildman–Crippen MR) is 130 cm³/mol. The van der Waals surface area contributed by atoms with Crippen molar-refractivity contribution in [3.8, 4) is 0 Å². The number of benzene rings is 2. The number of nitrogens with zero attached hydrogens (tertiary/aromatic N) is 5. The monoisotopic (exact) mass is 462 g/mol. The minimum atomic E-state index is -0.119. The highest BCUT2D eigenvalue weighted by Crippen LogP contribution is 2.24. The third kappa shape index (κ3) is 5.49. The van der Waals surface area contributed by atoms with E-state index in [1.807, 2.05) is 68.6 Å². The van der Waals surface area contributed by atoms with Gasteiger partial charge in [-0.15, -0.1) is 0 Å². The first-order chi connectivity index (χ1) is 16.6. The quantitative estimate of drug-likeness (QED) is 0.315. The number of nitrogens with one attached hydrogen (secondary N) is 1. The number of aliphatic imine (C=N–C) groups is 1. The van der Waals surface area contributed by atoms with Crippen LogP contribution in [0.4, 0.5) is 5.95 Å². The summed E-state index contributed by atoms with van der Waals surface area (Å²) in [5.74, 6) is 1.70. The Labute approximate surface area is 199 Å². The number of hydrogen-bond donors (Lipinski definition) is 2. The van der Waals surface area contributed by atoms with E-state index in [9.17, 15) is 9.90 Å². The average Bonchev–Trinajstić information content (AvgIpc) is 3.26. The van der Waals surface area contributed by atoms with Gasteiger partial charge in [0.05, 0.1) is 26.4 Å². The Bertz CT molecular complexity index is 1140. The van der Waals surface area contributed by atoms with Crippen molar-refractivity contribution >= 4 is 17.7 Å². The molecule has 4 rings (SSSR count).